The second-order valence-electron chi connectivity index (χ2n) is 6.25. The van der Waals surface area contributed by atoms with Crippen molar-refractivity contribution >= 4 is 15.7 Å². The predicted octanol–water partition coefficient (Wildman–Crippen LogP) is 2.75. The molecule has 0 heterocycles. The van der Waals surface area contributed by atoms with E-state index >= 15 is 0 Å². The molecule has 2 aromatic rings. The molecule has 140 valence electrons. The number of nitrogens with one attached hydrogen (secondary N) is 1. The van der Waals surface area contributed by atoms with Crippen LogP contribution < -0.4 is 10.1 Å². The van der Waals surface area contributed by atoms with Gasteiger partial charge < -0.3 is 10.1 Å². The summed E-state index contributed by atoms with van der Waals surface area (Å²) in [5.74, 6) is 0.496. The first-order chi connectivity index (χ1) is 12.4. The van der Waals surface area contributed by atoms with Crippen molar-refractivity contribution in [2.24, 2.45) is 0 Å². The molecule has 0 aliphatic rings. The molecular formula is C20H25NO4S. The summed E-state index contributed by atoms with van der Waals surface area (Å²) in [7, 11) is -3.09. The van der Waals surface area contributed by atoms with Crippen molar-refractivity contribution < 1.29 is 17.9 Å². The van der Waals surface area contributed by atoms with Crippen LogP contribution in [0.2, 0.25) is 0 Å². The van der Waals surface area contributed by atoms with Crippen molar-refractivity contribution in [2.45, 2.75) is 25.9 Å². The summed E-state index contributed by atoms with van der Waals surface area (Å²) in [5.41, 5.74) is 2.30. The quantitative estimate of drug-likeness (QED) is 0.648. The van der Waals surface area contributed by atoms with Gasteiger partial charge in [-0.05, 0) is 36.1 Å². The van der Waals surface area contributed by atoms with E-state index in [2.05, 4.69) is 5.32 Å². The van der Waals surface area contributed by atoms with E-state index in [1.165, 1.54) is 5.56 Å². The molecular weight excluding hydrogens is 350 g/mol. The summed E-state index contributed by atoms with van der Waals surface area (Å²) in [6.07, 6.45) is 2.79. The summed E-state index contributed by atoms with van der Waals surface area (Å²) >= 11 is 0. The van der Waals surface area contributed by atoms with Crippen LogP contribution in [0.15, 0.2) is 54.6 Å². The Balaban J connectivity index is 1.65. The molecule has 0 radical (unpaired) electrons. The highest BCUT2D eigenvalue weighted by atomic mass is 32.2. The molecule has 1 amide bonds. The molecule has 0 aliphatic carbocycles. The molecule has 5 nitrogen and oxygen atoms in total. The Morgan fingerprint density at radius 1 is 1.00 bits per heavy atom. The summed E-state index contributed by atoms with van der Waals surface area (Å²) < 4.78 is 27.8. The molecule has 0 aromatic heterocycles. The van der Waals surface area contributed by atoms with Crippen LogP contribution in [0.3, 0.4) is 0 Å². The van der Waals surface area contributed by atoms with Crippen LogP contribution in [0, 0.1) is 0 Å². The number of carbonyl (C=O) groups excluding carboxylic acids is 1. The van der Waals surface area contributed by atoms with Crippen LogP contribution in [0.1, 0.15) is 24.0 Å². The Bertz CT molecular complexity index is 786. The number of rotatable bonds is 10. The van der Waals surface area contributed by atoms with E-state index in [9.17, 15) is 13.2 Å². The van der Waals surface area contributed by atoms with Crippen LogP contribution in [0.4, 0.5) is 0 Å². The Morgan fingerprint density at radius 3 is 2.35 bits per heavy atom. The van der Waals surface area contributed by atoms with Crippen molar-refractivity contribution in [3.8, 4) is 5.75 Å². The Morgan fingerprint density at radius 2 is 1.69 bits per heavy atom. The van der Waals surface area contributed by atoms with Crippen molar-refractivity contribution in [2.75, 3.05) is 18.6 Å². The fourth-order valence-corrected chi connectivity index (χ4v) is 2.94. The van der Waals surface area contributed by atoms with Crippen molar-refractivity contribution in [3.05, 3.63) is 65.7 Å². The molecule has 0 saturated heterocycles. The van der Waals surface area contributed by atoms with Crippen LogP contribution in [-0.2, 0) is 27.7 Å². The zero-order valence-electron chi connectivity index (χ0n) is 15.0. The van der Waals surface area contributed by atoms with Crippen LogP contribution in [0.25, 0.3) is 0 Å². The first-order valence-electron chi connectivity index (χ1n) is 8.62. The van der Waals surface area contributed by atoms with Gasteiger partial charge in [-0.25, -0.2) is 8.42 Å². The van der Waals surface area contributed by atoms with Crippen molar-refractivity contribution in [3.63, 3.8) is 0 Å². The standard InChI is InChI=1S/C20H25NO4S/c1-26(23,24)15-13-20(22)21-14-5-8-17-9-11-19(12-10-17)25-16-18-6-3-2-4-7-18/h2-4,6-7,9-12H,5,8,13-16H2,1H3,(H,21,22). The lowest BCUT2D eigenvalue weighted by Crippen LogP contribution is -2.26. The van der Waals surface area contributed by atoms with Crippen LogP contribution >= 0.6 is 0 Å². The zero-order valence-corrected chi connectivity index (χ0v) is 15.8. The van der Waals surface area contributed by atoms with Gasteiger partial charge in [0.15, 0.2) is 0 Å². The van der Waals surface area contributed by atoms with Crippen LogP contribution in [-0.4, -0.2) is 32.9 Å². The van der Waals surface area contributed by atoms with Crippen molar-refractivity contribution in [1.82, 2.24) is 5.32 Å². The number of aryl methyl sites for hydroxylation is 1. The van der Waals surface area contributed by atoms with Gasteiger partial charge in [0.05, 0.1) is 5.75 Å². The van der Waals surface area contributed by atoms with Gasteiger partial charge in [-0.15, -0.1) is 0 Å². The van der Waals surface area contributed by atoms with E-state index in [1.807, 2.05) is 54.6 Å². The highest BCUT2D eigenvalue weighted by Crippen LogP contribution is 2.15. The molecule has 6 heteroatoms. The number of hydrogen-bond donors (Lipinski definition) is 1. The van der Waals surface area contributed by atoms with Gasteiger partial charge in [0.1, 0.15) is 22.2 Å². The van der Waals surface area contributed by atoms with Gasteiger partial charge in [0, 0.05) is 19.2 Å². The lowest BCUT2D eigenvalue weighted by Gasteiger charge is -2.08. The molecule has 26 heavy (non-hydrogen) atoms. The van der Waals surface area contributed by atoms with Gasteiger partial charge in [-0.1, -0.05) is 42.5 Å². The Kier molecular flexibility index (Phi) is 7.66. The molecule has 0 fully saturated rings. The van der Waals surface area contributed by atoms with E-state index in [4.69, 9.17) is 4.74 Å². The molecule has 0 saturated carbocycles. The maximum absolute atomic E-state index is 11.5. The van der Waals surface area contributed by atoms with Gasteiger partial charge in [-0.2, -0.15) is 0 Å². The number of benzene rings is 2. The fraction of sp³-hybridized carbons (Fsp3) is 0.350. The van der Waals surface area contributed by atoms with Gasteiger partial charge >= 0.3 is 0 Å². The Labute approximate surface area is 155 Å². The first kappa shape index (κ1) is 20.0. The third-order valence-electron chi connectivity index (χ3n) is 3.84. The number of ether oxygens (including phenoxy) is 1. The van der Waals surface area contributed by atoms with Gasteiger partial charge in [0.2, 0.25) is 5.91 Å². The molecule has 0 unspecified atom stereocenters. The van der Waals surface area contributed by atoms with Crippen LogP contribution in [0.5, 0.6) is 5.75 Å². The average molecular weight is 375 g/mol. The molecule has 2 rings (SSSR count). The second kappa shape index (κ2) is 9.97. The molecule has 0 bridgehead atoms. The lowest BCUT2D eigenvalue weighted by atomic mass is 10.1. The minimum Gasteiger partial charge on any atom is -0.489 e. The zero-order chi connectivity index (χ0) is 18.8. The molecule has 2 aromatic carbocycles. The smallest absolute Gasteiger partial charge is 0.221 e. The lowest BCUT2D eigenvalue weighted by molar-refractivity contribution is -0.120. The highest BCUT2D eigenvalue weighted by Gasteiger charge is 2.07. The normalized spacial score (nSPS) is 11.1. The summed E-state index contributed by atoms with van der Waals surface area (Å²) in [6.45, 7) is 1.08. The maximum atomic E-state index is 11.5. The minimum absolute atomic E-state index is 0.0201. The summed E-state index contributed by atoms with van der Waals surface area (Å²) in [4.78, 5) is 11.5. The SMILES string of the molecule is CS(=O)(=O)CCC(=O)NCCCc1ccc(OCc2ccccc2)cc1. The number of amides is 1. The first-order valence-corrected chi connectivity index (χ1v) is 10.7. The minimum atomic E-state index is -3.09. The number of carbonyl (C=O) groups is 1. The molecule has 1 N–H and O–H groups in total. The Hall–Kier alpha value is -2.34. The summed E-state index contributed by atoms with van der Waals surface area (Å²) in [6, 6.07) is 17.9. The van der Waals surface area contributed by atoms with E-state index in [0.717, 1.165) is 30.4 Å². The number of hydrogen-bond acceptors (Lipinski definition) is 4. The maximum Gasteiger partial charge on any atom is 0.221 e. The van der Waals surface area contributed by atoms with E-state index in [-0.39, 0.29) is 18.1 Å². The second-order valence-corrected chi connectivity index (χ2v) is 8.51. The summed E-state index contributed by atoms with van der Waals surface area (Å²) in [5, 5.41) is 2.75. The topological polar surface area (TPSA) is 72.5 Å². The highest BCUT2D eigenvalue weighted by molar-refractivity contribution is 7.90. The molecule has 0 aliphatic heterocycles. The van der Waals surface area contributed by atoms with E-state index < -0.39 is 9.84 Å². The largest absolute Gasteiger partial charge is 0.489 e. The molecule has 0 spiro atoms. The third kappa shape index (κ3) is 8.16. The fourth-order valence-electron chi connectivity index (χ4n) is 2.38. The molecule has 0 atom stereocenters. The predicted molar refractivity (Wildman–Crippen MR) is 103 cm³/mol. The van der Waals surface area contributed by atoms with Gasteiger partial charge in [-0.3, -0.25) is 4.79 Å². The van der Waals surface area contributed by atoms with Crippen molar-refractivity contribution in [1.29, 1.82) is 0 Å². The van der Waals surface area contributed by atoms with Gasteiger partial charge in [0.25, 0.3) is 0 Å². The van der Waals surface area contributed by atoms with E-state index in [0.29, 0.717) is 13.2 Å². The third-order valence-corrected chi connectivity index (χ3v) is 4.78. The monoisotopic (exact) mass is 375 g/mol. The van der Waals surface area contributed by atoms with E-state index in [1.54, 1.807) is 0 Å². The average Bonchev–Trinajstić information content (AvgIpc) is 2.63. The number of sulfone groups is 1.